The average Bonchev–Trinajstić information content (AvgIpc) is 3.10. The molecule has 26 heavy (non-hydrogen) atoms. The molecule has 0 saturated heterocycles. The van der Waals surface area contributed by atoms with Crippen molar-refractivity contribution in [2.45, 2.75) is 26.4 Å². The fourth-order valence-corrected chi connectivity index (χ4v) is 3.59. The first-order chi connectivity index (χ1) is 12.7. The molecule has 2 heterocycles. The highest BCUT2D eigenvalue weighted by molar-refractivity contribution is 8.14. The van der Waals surface area contributed by atoms with Crippen molar-refractivity contribution in [2.75, 3.05) is 17.6 Å². The number of rotatable bonds is 6. The van der Waals surface area contributed by atoms with Crippen LogP contribution in [0.1, 0.15) is 31.1 Å². The molecule has 7 heteroatoms. The highest BCUT2D eigenvalue weighted by atomic mass is 32.2. The van der Waals surface area contributed by atoms with Crippen molar-refractivity contribution in [2.24, 2.45) is 5.10 Å². The Bertz CT molecular complexity index is 763. The number of carbonyl (C=O) groups is 1. The summed E-state index contributed by atoms with van der Waals surface area (Å²) in [6.07, 6.45) is 4.51. The van der Waals surface area contributed by atoms with Gasteiger partial charge in [0, 0.05) is 24.6 Å². The number of benzene rings is 1. The molecule has 3 rings (SSSR count). The molecule has 0 radical (unpaired) electrons. The van der Waals surface area contributed by atoms with Gasteiger partial charge in [-0.25, -0.2) is 0 Å². The van der Waals surface area contributed by atoms with Crippen LogP contribution in [-0.2, 0) is 11.2 Å². The van der Waals surface area contributed by atoms with E-state index in [1.807, 2.05) is 36.4 Å². The Labute approximate surface area is 158 Å². The molecule has 136 valence electrons. The van der Waals surface area contributed by atoms with Crippen LogP contribution < -0.4 is 10.7 Å². The molecular weight excluding hydrogens is 346 g/mol. The Morgan fingerprint density at radius 1 is 1.19 bits per heavy atom. The van der Waals surface area contributed by atoms with Crippen LogP contribution >= 0.6 is 11.8 Å². The van der Waals surface area contributed by atoms with Crippen molar-refractivity contribution in [1.29, 1.82) is 0 Å². The molecule has 0 aliphatic carbocycles. The second-order valence-electron chi connectivity index (χ2n) is 5.88. The molecule has 0 fully saturated rings. The SMILES string of the molecule is CCc1ccc(NC(=O)CSC2=NN[C@H](c3ccncc3)N2CC)cc1. The first kappa shape index (κ1) is 18.3. The van der Waals surface area contributed by atoms with Gasteiger partial charge in [-0.1, -0.05) is 30.8 Å². The number of hydrazone groups is 1. The summed E-state index contributed by atoms with van der Waals surface area (Å²) in [5.74, 6) is 0.278. The third-order valence-corrected chi connectivity index (χ3v) is 5.17. The lowest BCUT2D eigenvalue weighted by molar-refractivity contribution is -0.113. The summed E-state index contributed by atoms with van der Waals surface area (Å²) in [4.78, 5) is 18.4. The predicted octanol–water partition coefficient (Wildman–Crippen LogP) is 3.21. The standard InChI is InChI=1S/C19H23N5OS/c1-3-14-5-7-16(8-6-14)21-17(25)13-26-19-23-22-18(24(19)4-2)15-9-11-20-12-10-15/h5-12,18,22H,3-4,13H2,1-2H3,(H,21,25)/t18-/m0/s1. The van der Waals surface area contributed by atoms with Gasteiger partial charge < -0.3 is 10.2 Å². The Balaban J connectivity index is 1.54. The summed E-state index contributed by atoms with van der Waals surface area (Å²) in [5.41, 5.74) is 6.32. The molecule has 1 aromatic carbocycles. The third kappa shape index (κ3) is 4.35. The Hall–Kier alpha value is -2.54. The zero-order chi connectivity index (χ0) is 18.4. The van der Waals surface area contributed by atoms with Gasteiger partial charge in [-0.15, -0.1) is 0 Å². The molecule has 0 bridgehead atoms. The van der Waals surface area contributed by atoms with Gasteiger partial charge in [0.25, 0.3) is 0 Å². The molecule has 0 saturated carbocycles. The molecule has 2 aromatic rings. The fourth-order valence-electron chi connectivity index (χ4n) is 2.74. The van der Waals surface area contributed by atoms with E-state index in [1.165, 1.54) is 17.3 Å². The molecule has 0 spiro atoms. The number of pyridine rings is 1. The summed E-state index contributed by atoms with van der Waals surface area (Å²) >= 11 is 1.44. The molecule has 1 aromatic heterocycles. The van der Waals surface area contributed by atoms with Crippen LogP contribution in [0.25, 0.3) is 0 Å². The summed E-state index contributed by atoms with van der Waals surface area (Å²) in [5, 5.41) is 8.16. The first-order valence-electron chi connectivity index (χ1n) is 8.72. The number of amides is 1. The Morgan fingerprint density at radius 2 is 1.92 bits per heavy atom. The van der Waals surface area contributed by atoms with Gasteiger partial charge in [-0.2, -0.15) is 5.10 Å². The van der Waals surface area contributed by atoms with Crippen molar-refractivity contribution in [3.05, 3.63) is 59.9 Å². The van der Waals surface area contributed by atoms with Crippen LogP contribution in [0.3, 0.4) is 0 Å². The number of nitrogens with zero attached hydrogens (tertiary/aromatic N) is 3. The van der Waals surface area contributed by atoms with Gasteiger partial charge in [0.2, 0.25) is 5.91 Å². The van der Waals surface area contributed by atoms with Crippen LogP contribution in [-0.4, -0.2) is 33.3 Å². The average molecular weight is 369 g/mol. The summed E-state index contributed by atoms with van der Waals surface area (Å²) in [6, 6.07) is 11.9. The minimum atomic E-state index is -0.0367. The van der Waals surface area contributed by atoms with Crippen LogP contribution in [0.15, 0.2) is 53.9 Å². The molecule has 1 aliphatic heterocycles. The number of aromatic nitrogens is 1. The van der Waals surface area contributed by atoms with Crippen molar-refractivity contribution < 1.29 is 4.79 Å². The van der Waals surface area contributed by atoms with Crippen molar-refractivity contribution in [3.8, 4) is 0 Å². The highest BCUT2D eigenvalue weighted by Crippen LogP contribution is 2.26. The molecule has 1 atom stereocenters. The van der Waals surface area contributed by atoms with E-state index in [-0.39, 0.29) is 12.1 Å². The third-order valence-electron chi connectivity index (χ3n) is 4.18. The summed E-state index contributed by atoms with van der Waals surface area (Å²) in [6.45, 7) is 4.98. The number of hydrogen-bond donors (Lipinski definition) is 2. The molecule has 6 nitrogen and oxygen atoms in total. The van der Waals surface area contributed by atoms with Gasteiger partial charge in [-0.05, 0) is 48.7 Å². The zero-order valence-corrected chi connectivity index (χ0v) is 15.8. The van der Waals surface area contributed by atoms with Gasteiger partial charge >= 0.3 is 0 Å². The first-order valence-corrected chi connectivity index (χ1v) is 9.71. The maximum Gasteiger partial charge on any atom is 0.234 e. The molecule has 0 unspecified atom stereocenters. The van der Waals surface area contributed by atoms with Crippen molar-refractivity contribution in [3.63, 3.8) is 0 Å². The number of aryl methyl sites for hydroxylation is 1. The number of hydrogen-bond acceptors (Lipinski definition) is 6. The van der Waals surface area contributed by atoms with Crippen LogP contribution in [0.4, 0.5) is 5.69 Å². The van der Waals surface area contributed by atoms with Crippen molar-refractivity contribution in [1.82, 2.24) is 15.3 Å². The minimum absolute atomic E-state index is 0.0184. The van der Waals surface area contributed by atoms with Crippen molar-refractivity contribution >= 4 is 28.5 Å². The Morgan fingerprint density at radius 3 is 2.58 bits per heavy atom. The van der Waals surface area contributed by atoms with E-state index in [2.05, 4.69) is 39.6 Å². The molecule has 2 N–H and O–H groups in total. The maximum atomic E-state index is 12.2. The number of amidine groups is 1. The highest BCUT2D eigenvalue weighted by Gasteiger charge is 2.28. The van der Waals surface area contributed by atoms with Crippen LogP contribution in [0, 0.1) is 0 Å². The second kappa shape index (κ2) is 8.71. The molecule has 1 amide bonds. The van der Waals surface area contributed by atoms with Gasteiger partial charge in [0.15, 0.2) is 5.17 Å². The van der Waals surface area contributed by atoms with Crippen LogP contribution in [0.5, 0.6) is 0 Å². The zero-order valence-electron chi connectivity index (χ0n) is 15.0. The second-order valence-corrected chi connectivity index (χ2v) is 6.82. The van der Waals surface area contributed by atoms with E-state index in [4.69, 9.17) is 0 Å². The monoisotopic (exact) mass is 369 g/mol. The topological polar surface area (TPSA) is 69.6 Å². The van der Waals surface area contributed by atoms with E-state index < -0.39 is 0 Å². The van der Waals surface area contributed by atoms with Crippen LogP contribution in [0.2, 0.25) is 0 Å². The Kier molecular flexibility index (Phi) is 6.12. The van der Waals surface area contributed by atoms with E-state index in [9.17, 15) is 4.79 Å². The number of carbonyl (C=O) groups excluding carboxylic acids is 1. The number of nitrogens with one attached hydrogen (secondary N) is 2. The lowest BCUT2D eigenvalue weighted by atomic mass is 10.1. The lowest BCUT2D eigenvalue weighted by Crippen LogP contribution is -2.32. The van der Waals surface area contributed by atoms with E-state index >= 15 is 0 Å². The van der Waals surface area contributed by atoms with E-state index in [1.54, 1.807) is 12.4 Å². The maximum absolute atomic E-state index is 12.2. The number of thioether (sulfide) groups is 1. The van der Waals surface area contributed by atoms with Gasteiger partial charge in [0.1, 0.15) is 6.17 Å². The molecule has 1 aliphatic rings. The minimum Gasteiger partial charge on any atom is -0.325 e. The van der Waals surface area contributed by atoms with Gasteiger partial charge in [-0.3, -0.25) is 15.2 Å². The van der Waals surface area contributed by atoms with E-state index in [0.29, 0.717) is 5.75 Å². The normalized spacial score (nSPS) is 16.2. The largest absolute Gasteiger partial charge is 0.325 e. The van der Waals surface area contributed by atoms with E-state index in [0.717, 1.165) is 29.4 Å². The van der Waals surface area contributed by atoms with Gasteiger partial charge in [0.05, 0.1) is 5.75 Å². The lowest BCUT2D eigenvalue weighted by Gasteiger charge is -2.25. The smallest absolute Gasteiger partial charge is 0.234 e. The quantitative estimate of drug-likeness (QED) is 0.818. The molecular formula is C19H23N5OS. The summed E-state index contributed by atoms with van der Waals surface area (Å²) in [7, 11) is 0. The summed E-state index contributed by atoms with van der Waals surface area (Å²) < 4.78 is 0. The predicted molar refractivity (Wildman–Crippen MR) is 107 cm³/mol. The number of anilines is 1. The fraction of sp³-hybridized carbons (Fsp3) is 0.316.